The number of imidazole rings is 1. The van der Waals surface area contributed by atoms with E-state index in [-0.39, 0.29) is 27.8 Å². The van der Waals surface area contributed by atoms with Crippen LogP contribution in [0.4, 0.5) is 14.9 Å². The number of amides is 1. The average molecular weight is 562 g/mol. The van der Waals surface area contributed by atoms with Crippen molar-refractivity contribution in [1.82, 2.24) is 39.7 Å². The third kappa shape index (κ3) is 4.39. The van der Waals surface area contributed by atoms with E-state index in [2.05, 4.69) is 35.5 Å². The SMILES string of the molecule is COC(=O)Nc1ccc(-c2cnc([C@@H]3C[C@H](C)c4nc(-c5c(-n6cnnn6)ccc(Cl)c5F)cc(=O)n43)[nH]2)cc1. The Morgan fingerprint density at radius 2 is 2.02 bits per heavy atom. The van der Waals surface area contributed by atoms with Crippen LogP contribution in [0.25, 0.3) is 28.2 Å². The van der Waals surface area contributed by atoms with E-state index in [9.17, 15) is 9.59 Å². The van der Waals surface area contributed by atoms with E-state index in [1.54, 1.807) is 29.0 Å². The predicted molar refractivity (Wildman–Crippen MR) is 143 cm³/mol. The molecule has 1 amide bonds. The average Bonchev–Trinajstić information content (AvgIpc) is 3.72. The van der Waals surface area contributed by atoms with Gasteiger partial charge in [-0.05, 0) is 46.7 Å². The maximum Gasteiger partial charge on any atom is 0.411 e. The first kappa shape index (κ1) is 25.4. The number of nitrogens with zero attached hydrogens (tertiary/aromatic N) is 7. The van der Waals surface area contributed by atoms with Crippen molar-refractivity contribution in [2.75, 3.05) is 12.4 Å². The number of methoxy groups -OCH3 is 1. The third-order valence-electron chi connectivity index (χ3n) is 6.77. The van der Waals surface area contributed by atoms with Crippen LogP contribution >= 0.6 is 11.6 Å². The van der Waals surface area contributed by atoms with Gasteiger partial charge in [0.15, 0.2) is 5.82 Å². The molecule has 2 atom stereocenters. The highest BCUT2D eigenvalue weighted by molar-refractivity contribution is 6.31. The Labute approximate surface area is 230 Å². The summed E-state index contributed by atoms with van der Waals surface area (Å²) in [5.41, 5.74) is 2.28. The first-order valence-corrected chi connectivity index (χ1v) is 12.6. The third-order valence-corrected chi connectivity index (χ3v) is 7.06. The number of anilines is 1. The number of aromatic amines is 1. The molecule has 14 heteroatoms. The Kier molecular flexibility index (Phi) is 6.34. The second-order valence-corrected chi connectivity index (χ2v) is 9.65. The molecular weight excluding hydrogens is 541 g/mol. The van der Waals surface area contributed by atoms with Gasteiger partial charge in [0.05, 0.1) is 47.0 Å². The molecule has 0 spiro atoms. The van der Waals surface area contributed by atoms with Crippen molar-refractivity contribution in [3.05, 3.63) is 87.8 Å². The number of carbonyl (C=O) groups is 1. The zero-order chi connectivity index (χ0) is 28.0. The van der Waals surface area contributed by atoms with Gasteiger partial charge in [0.25, 0.3) is 5.56 Å². The minimum atomic E-state index is -0.725. The minimum Gasteiger partial charge on any atom is -0.453 e. The van der Waals surface area contributed by atoms with Gasteiger partial charge in [-0.1, -0.05) is 30.7 Å². The van der Waals surface area contributed by atoms with Gasteiger partial charge in [0.1, 0.15) is 18.0 Å². The fourth-order valence-corrected chi connectivity index (χ4v) is 5.04. The summed E-state index contributed by atoms with van der Waals surface area (Å²) < 4.78 is 22.8. The van der Waals surface area contributed by atoms with Gasteiger partial charge in [-0.2, -0.15) is 4.68 Å². The van der Waals surface area contributed by atoms with Crippen molar-refractivity contribution in [2.24, 2.45) is 0 Å². The monoisotopic (exact) mass is 561 g/mol. The number of rotatable bonds is 5. The van der Waals surface area contributed by atoms with Gasteiger partial charge in [-0.25, -0.2) is 19.2 Å². The highest BCUT2D eigenvalue weighted by Gasteiger charge is 2.34. The van der Waals surface area contributed by atoms with Crippen LogP contribution in [0.2, 0.25) is 5.02 Å². The van der Waals surface area contributed by atoms with Gasteiger partial charge in [0.2, 0.25) is 0 Å². The molecule has 0 unspecified atom stereocenters. The van der Waals surface area contributed by atoms with Crippen LogP contribution in [0.3, 0.4) is 0 Å². The quantitative estimate of drug-likeness (QED) is 0.322. The molecule has 0 aliphatic carbocycles. The molecule has 0 saturated carbocycles. The molecule has 0 saturated heterocycles. The first-order valence-electron chi connectivity index (χ1n) is 12.2. The van der Waals surface area contributed by atoms with Gasteiger partial charge < -0.3 is 9.72 Å². The number of halogens is 2. The number of hydrogen-bond acceptors (Lipinski definition) is 8. The van der Waals surface area contributed by atoms with E-state index < -0.39 is 18.0 Å². The van der Waals surface area contributed by atoms with E-state index in [0.29, 0.717) is 29.4 Å². The van der Waals surface area contributed by atoms with Gasteiger partial charge in [-0.3, -0.25) is 14.7 Å². The molecule has 202 valence electrons. The fourth-order valence-electron chi connectivity index (χ4n) is 4.88. The highest BCUT2D eigenvalue weighted by Crippen LogP contribution is 2.39. The van der Waals surface area contributed by atoms with Crippen LogP contribution in [-0.4, -0.2) is 52.9 Å². The van der Waals surface area contributed by atoms with Crippen LogP contribution in [0.5, 0.6) is 0 Å². The molecule has 1 aliphatic rings. The van der Waals surface area contributed by atoms with E-state index in [0.717, 1.165) is 11.3 Å². The number of aromatic nitrogens is 8. The Bertz CT molecular complexity index is 1780. The van der Waals surface area contributed by atoms with E-state index in [1.165, 1.54) is 30.3 Å². The largest absolute Gasteiger partial charge is 0.453 e. The molecule has 0 bridgehead atoms. The summed E-state index contributed by atoms with van der Waals surface area (Å²) in [6.45, 7) is 1.95. The Hall–Kier alpha value is -4.91. The van der Waals surface area contributed by atoms with E-state index in [1.807, 2.05) is 19.1 Å². The first-order chi connectivity index (χ1) is 19.3. The van der Waals surface area contributed by atoms with E-state index >= 15 is 4.39 Å². The number of carbonyl (C=O) groups excluding carboxylic acids is 1. The number of tetrazole rings is 1. The number of fused-ring (bicyclic) bond motifs is 1. The standard InChI is InChI=1S/C26H21ClFN9O3/c1-13-9-20(24-29-11-18(32-24)14-3-5-15(6-4-14)31-26(39)40-2)37-21(38)10-17(33-25(13)37)22-19(36-12-30-34-35-36)8-7-16(27)23(22)28/h3-8,10-13,20H,9H2,1-2H3,(H,29,32)(H,31,39)/t13-,20-/m0/s1. The summed E-state index contributed by atoms with van der Waals surface area (Å²) >= 11 is 6.09. The second kappa shape index (κ2) is 10.0. The maximum absolute atomic E-state index is 15.3. The lowest BCUT2D eigenvalue weighted by molar-refractivity contribution is 0.187. The molecule has 0 fully saturated rings. The van der Waals surface area contributed by atoms with Crippen molar-refractivity contribution in [3.63, 3.8) is 0 Å². The molecule has 3 aromatic heterocycles. The van der Waals surface area contributed by atoms with E-state index in [4.69, 9.17) is 16.6 Å². The lowest BCUT2D eigenvalue weighted by Gasteiger charge is -2.15. The summed E-state index contributed by atoms with van der Waals surface area (Å²) in [5.74, 6) is 0.258. The minimum absolute atomic E-state index is 0.0290. The molecule has 0 radical (unpaired) electrons. The summed E-state index contributed by atoms with van der Waals surface area (Å²) in [7, 11) is 1.29. The molecule has 2 aromatic carbocycles. The van der Waals surface area contributed by atoms with Crippen LogP contribution in [0.15, 0.2) is 59.8 Å². The van der Waals surface area contributed by atoms with Crippen LogP contribution in [0, 0.1) is 5.82 Å². The van der Waals surface area contributed by atoms with Crippen LogP contribution < -0.4 is 10.9 Å². The highest BCUT2D eigenvalue weighted by atomic mass is 35.5. The number of hydrogen-bond donors (Lipinski definition) is 2. The maximum atomic E-state index is 15.3. The molecule has 6 rings (SSSR count). The van der Waals surface area contributed by atoms with Crippen LogP contribution in [0.1, 0.15) is 37.0 Å². The Balaban J connectivity index is 1.35. The van der Waals surface area contributed by atoms with Gasteiger partial charge in [0, 0.05) is 17.7 Å². The normalized spacial score (nSPS) is 16.1. The molecule has 4 heterocycles. The predicted octanol–water partition coefficient (Wildman–Crippen LogP) is 4.34. The van der Waals surface area contributed by atoms with Crippen molar-refractivity contribution in [2.45, 2.75) is 25.3 Å². The Morgan fingerprint density at radius 3 is 2.75 bits per heavy atom. The topological polar surface area (TPSA) is 146 Å². The van der Waals surface area contributed by atoms with Gasteiger partial charge >= 0.3 is 6.09 Å². The van der Waals surface area contributed by atoms with Crippen molar-refractivity contribution >= 4 is 23.4 Å². The molecule has 2 N–H and O–H groups in total. The molecule has 1 aliphatic heterocycles. The van der Waals surface area contributed by atoms with Crippen molar-refractivity contribution in [1.29, 1.82) is 0 Å². The zero-order valence-electron chi connectivity index (χ0n) is 21.2. The summed E-state index contributed by atoms with van der Waals surface area (Å²) in [4.78, 5) is 37.5. The molecule has 40 heavy (non-hydrogen) atoms. The molecule has 12 nitrogen and oxygen atoms in total. The lowest BCUT2D eigenvalue weighted by atomic mass is 10.1. The number of nitrogens with one attached hydrogen (secondary N) is 2. The summed E-state index contributed by atoms with van der Waals surface area (Å²) in [5, 5.41) is 13.6. The second-order valence-electron chi connectivity index (χ2n) is 9.25. The molecule has 5 aromatic rings. The zero-order valence-corrected chi connectivity index (χ0v) is 21.9. The lowest BCUT2D eigenvalue weighted by Crippen LogP contribution is -2.25. The van der Waals surface area contributed by atoms with Gasteiger partial charge in [-0.15, -0.1) is 5.10 Å². The van der Waals surface area contributed by atoms with Crippen LogP contribution in [-0.2, 0) is 4.74 Å². The summed E-state index contributed by atoms with van der Waals surface area (Å²) in [6.07, 6.45) is 3.02. The Morgan fingerprint density at radius 1 is 1.23 bits per heavy atom. The summed E-state index contributed by atoms with van der Waals surface area (Å²) in [6, 6.07) is 11.0. The molecular formula is C26H21ClFN9O3. The number of benzene rings is 2. The van der Waals surface area contributed by atoms with Crippen molar-refractivity contribution in [3.8, 4) is 28.2 Å². The number of ether oxygens (including phenoxy) is 1. The fraction of sp³-hybridized carbons (Fsp3) is 0.192. The smallest absolute Gasteiger partial charge is 0.411 e. The number of H-pyrrole nitrogens is 1. The van der Waals surface area contributed by atoms with Crippen molar-refractivity contribution < 1.29 is 13.9 Å².